The summed E-state index contributed by atoms with van der Waals surface area (Å²) in [5.74, 6) is 10.8. The van der Waals surface area contributed by atoms with Gasteiger partial charge in [0.15, 0.2) is 0 Å². The molecule has 0 spiro atoms. The summed E-state index contributed by atoms with van der Waals surface area (Å²) in [5, 5.41) is 78.1. The molecular weight excluding hydrogens is 454 g/mol. The van der Waals surface area contributed by atoms with E-state index in [-0.39, 0.29) is 17.0 Å². The zero-order valence-electron chi connectivity index (χ0n) is 18.1. The summed E-state index contributed by atoms with van der Waals surface area (Å²) < 4.78 is 15.9. The number of rotatable bonds is 3. The van der Waals surface area contributed by atoms with Crippen molar-refractivity contribution in [3.8, 4) is 29.4 Å². The average Bonchev–Trinajstić information content (AvgIpc) is 2.85. The molecule has 3 heterocycles. The molecule has 186 valence electrons. The summed E-state index contributed by atoms with van der Waals surface area (Å²) in [7, 11) is 1.38. The van der Waals surface area contributed by atoms with Crippen molar-refractivity contribution in [1.29, 1.82) is 0 Å². The largest absolute Gasteiger partial charge is 0.495 e. The van der Waals surface area contributed by atoms with Crippen molar-refractivity contribution in [3.05, 3.63) is 23.5 Å². The number of aromatic nitrogens is 1. The number of aliphatic hydroxyl groups is 8. The highest BCUT2D eigenvalue weighted by Crippen LogP contribution is 2.23. The molecule has 10 unspecified atom stereocenters. The van der Waals surface area contributed by atoms with Gasteiger partial charge in [-0.25, -0.2) is 4.98 Å². The first kappa shape index (κ1) is 26.3. The highest BCUT2D eigenvalue weighted by Gasteiger charge is 2.43. The smallest absolute Gasteiger partial charge is 0.147 e. The van der Waals surface area contributed by atoms with Crippen LogP contribution in [-0.2, 0) is 9.47 Å². The Bertz CT molecular complexity index is 963. The van der Waals surface area contributed by atoms with Crippen LogP contribution in [0.25, 0.3) is 0 Å². The summed E-state index contributed by atoms with van der Waals surface area (Å²) in [6.07, 6.45) is -12.3. The first-order valence-electron chi connectivity index (χ1n) is 10.4. The molecule has 12 nitrogen and oxygen atoms in total. The lowest BCUT2D eigenvalue weighted by atomic mass is 9.95. The van der Waals surface area contributed by atoms with Crippen LogP contribution in [0, 0.1) is 23.7 Å². The van der Waals surface area contributed by atoms with Crippen LogP contribution in [0.3, 0.4) is 0 Å². The van der Waals surface area contributed by atoms with Gasteiger partial charge in [-0.1, -0.05) is 17.8 Å². The topological polar surface area (TPSA) is 202 Å². The minimum absolute atomic E-state index is 0.201. The molecule has 34 heavy (non-hydrogen) atoms. The minimum atomic E-state index is -1.55. The molecule has 0 aromatic carbocycles. The Balaban J connectivity index is 1.78. The van der Waals surface area contributed by atoms with E-state index in [2.05, 4.69) is 28.7 Å². The Morgan fingerprint density at radius 1 is 0.794 bits per heavy atom. The van der Waals surface area contributed by atoms with E-state index in [1.165, 1.54) is 19.4 Å². The molecule has 2 fully saturated rings. The number of ether oxygens (including phenoxy) is 3. The maximum absolute atomic E-state index is 10.1. The molecule has 2 aliphatic heterocycles. The Morgan fingerprint density at radius 2 is 1.29 bits per heavy atom. The van der Waals surface area contributed by atoms with E-state index in [0.717, 1.165) is 0 Å². The van der Waals surface area contributed by atoms with E-state index in [1.54, 1.807) is 0 Å². The predicted octanol–water partition coefficient (Wildman–Crippen LogP) is -4.52. The van der Waals surface area contributed by atoms with Crippen LogP contribution in [0.2, 0.25) is 0 Å². The van der Waals surface area contributed by atoms with Gasteiger partial charge in [-0.2, -0.15) is 0 Å². The molecule has 2 saturated heterocycles. The molecule has 1 aromatic rings. The fourth-order valence-corrected chi connectivity index (χ4v) is 3.50. The van der Waals surface area contributed by atoms with Crippen molar-refractivity contribution in [2.24, 2.45) is 0 Å². The summed E-state index contributed by atoms with van der Waals surface area (Å²) in [6.45, 7) is -1.15. The molecule has 0 amide bonds. The van der Waals surface area contributed by atoms with E-state index in [0.29, 0.717) is 0 Å². The molecule has 1 aromatic heterocycles. The third-order valence-corrected chi connectivity index (χ3v) is 5.56. The van der Waals surface area contributed by atoms with Crippen molar-refractivity contribution in [2.75, 3.05) is 20.3 Å². The van der Waals surface area contributed by atoms with E-state index in [1.807, 2.05) is 0 Å². The van der Waals surface area contributed by atoms with Gasteiger partial charge < -0.3 is 55.1 Å². The van der Waals surface area contributed by atoms with Gasteiger partial charge in [0.2, 0.25) is 0 Å². The third kappa shape index (κ3) is 5.49. The maximum atomic E-state index is 10.1. The fourth-order valence-electron chi connectivity index (χ4n) is 3.50. The van der Waals surface area contributed by atoms with Crippen molar-refractivity contribution in [2.45, 2.75) is 61.0 Å². The number of pyridine rings is 1. The standard InChI is InChI=1S/C22H27NO11/c1-32-14-6-11(3-5-13-18(27)22(31)20(29)16(9-25)34-13)23-7-10(14)2-4-12-17(26)21(30)19(28)15(8-24)33-12/h6-7,12-13,15-22,24-31H,8-9H2,1H3. The maximum Gasteiger partial charge on any atom is 0.147 e. The number of hydrogen-bond donors (Lipinski definition) is 8. The number of nitrogens with zero attached hydrogens (tertiary/aromatic N) is 1. The molecule has 2 aliphatic rings. The molecule has 8 N–H and O–H groups in total. The van der Waals surface area contributed by atoms with Gasteiger partial charge in [-0.3, -0.25) is 0 Å². The molecule has 3 rings (SSSR count). The second-order valence-electron chi connectivity index (χ2n) is 7.81. The summed E-state index contributed by atoms with van der Waals surface area (Å²) in [6, 6.07) is 1.44. The molecule has 0 aliphatic carbocycles. The van der Waals surface area contributed by atoms with Gasteiger partial charge in [-0.05, 0) is 5.92 Å². The van der Waals surface area contributed by atoms with Crippen LogP contribution in [0.5, 0.6) is 5.75 Å². The highest BCUT2D eigenvalue weighted by molar-refractivity contribution is 5.48. The monoisotopic (exact) mass is 481 g/mol. The molecular formula is C22H27NO11. The van der Waals surface area contributed by atoms with Gasteiger partial charge in [0, 0.05) is 12.3 Å². The fraction of sp³-hybridized carbons (Fsp3) is 0.591. The van der Waals surface area contributed by atoms with Gasteiger partial charge in [0.1, 0.15) is 72.5 Å². The van der Waals surface area contributed by atoms with Gasteiger partial charge in [0.25, 0.3) is 0 Å². The quantitative estimate of drug-likeness (QED) is 0.193. The lowest BCUT2D eigenvalue weighted by Crippen LogP contribution is -2.58. The van der Waals surface area contributed by atoms with Crippen molar-refractivity contribution >= 4 is 0 Å². The van der Waals surface area contributed by atoms with E-state index in [9.17, 15) is 40.9 Å². The van der Waals surface area contributed by atoms with Crippen molar-refractivity contribution < 1.29 is 55.1 Å². The van der Waals surface area contributed by atoms with E-state index < -0.39 is 74.3 Å². The molecule has 0 saturated carbocycles. The van der Waals surface area contributed by atoms with Gasteiger partial charge in [-0.15, -0.1) is 0 Å². The Kier molecular flexibility index (Phi) is 8.81. The molecule has 12 heteroatoms. The first-order chi connectivity index (χ1) is 16.2. The number of aliphatic hydroxyl groups excluding tert-OH is 8. The van der Waals surface area contributed by atoms with Crippen molar-refractivity contribution in [1.82, 2.24) is 4.98 Å². The normalized spacial score (nSPS) is 37.7. The predicted molar refractivity (Wildman–Crippen MR) is 112 cm³/mol. The van der Waals surface area contributed by atoms with Gasteiger partial charge >= 0.3 is 0 Å². The van der Waals surface area contributed by atoms with Crippen LogP contribution in [0.15, 0.2) is 12.3 Å². The van der Waals surface area contributed by atoms with Crippen LogP contribution < -0.4 is 4.74 Å². The summed E-state index contributed by atoms with van der Waals surface area (Å²) in [5.41, 5.74) is 0.491. The molecule has 0 bridgehead atoms. The Hall–Kier alpha value is -2.33. The van der Waals surface area contributed by atoms with Gasteiger partial charge in [0.05, 0.1) is 25.9 Å². The second-order valence-corrected chi connectivity index (χ2v) is 7.81. The first-order valence-corrected chi connectivity index (χ1v) is 10.4. The summed E-state index contributed by atoms with van der Waals surface area (Å²) in [4.78, 5) is 4.12. The van der Waals surface area contributed by atoms with Crippen LogP contribution >= 0.6 is 0 Å². The number of methoxy groups -OCH3 is 1. The Morgan fingerprint density at radius 3 is 1.76 bits per heavy atom. The van der Waals surface area contributed by atoms with Crippen LogP contribution in [0.4, 0.5) is 0 Å². The lowest BCUT2D eigenvalue weighted by Gasteiger charge is -2.37. The lowest BCUT2D eigenvalue weighted by molar-refractivity contribution is -0.214. The molecule has 0 radical (unpaired) electrons. The number of hydrogen-bond acceptors (Lipinski definition) is 12. The van der Waals surface area contributed by atoms with Crippen molar-refractivity contribution in [3.63, 3.8) is 0 Å². The SMILES string of the molecule is COc1cc(C#CC2OC(CO)C(O)C(O)C2O)ncc1C#CC1OC(CO)C(O)C(O)C1O. The van der Waals surface area contributed by atoms with E-state index >= 15 is 0 Å². The Labute approximate surface area is 195 Å². The van der Waals surface area contributed by atoms with Crippen LogP contribution in [-0.4, -0.2) is 127 Å². The van der Waals surface area contributed by atoms with Crippen LogP contribution in [0.1, 0.15) is 11.3 Å². The zero-order valence-corrected chi connectivity index (χ0v) is 18.1. The zero-order chi connectivity index (χ0) is 25.0. The molecule has 10 atom stereocenters. The van der Waals surface area contributed by atoms with E-state index in [4.69, 9.17) is 14.2 Å². The minimum Gasteiger partial charge on any atom is -0.495 e. The summed E-state index contributed by atoms with van der Waals surface area (Å²) >= 11 is 0. The average molecular weight is 481 g/mol. The highest BCUT2D eigenvalue weighted by atomic mass is 16.5. The second kappa shape index (κ2) is 11.4. The third-order valence-electron chi connectivity index (χ3n) is 5.56.